The number of halogens is 1. The van der Waals surface area contributed by atoms with Crippen molar-refractivity contribution in [2.24, 2.45) is 10.3 Å². The Labute approximate surface area is 127 Å². The van der Waals surface area contributed by atoms with Crippen molar-refractivity contribution in [3.63, 3.8) is 0 Å². The average Bonchev–Trinajstić information content (AvgIpc) is 2.15. The number of aryl methyl sites for hydroxylation is 1. The van der Waals surface area contributed by atoms with Gasteiger partial charge in [-0.1, -0.05) is 29.0 Å². The summed E-state index contributed by atoms with van der Waals surface area (Å²) in [5.74, 6) is -1.21. The van der Waals surface area contributed by atoms with Gasteiger partial charge in [-0.2, -0.15) is 0 Å². The number of nitrogens with zero attached hydrogens (tertiary/aromatic N) is 3. The first-order valence-corrected chi connectivity index (χ1v) is 4.96. The molecule has 0 amide bonds. The number of hydrogen-bond acceptors (Lipinski definition) is 4. The Balaban J connectivity index is 0.00000256. The summed E-state index contributed by atoms with van der Waals surface area (Å²) < 4.78 is 0. The minimum absolute atomic E-state index is 0. The molecule has 5 nitrogen and oxygen atoms in total. The molecule has 0 bridgehead atoms. The molecular formula is C10H11ClN3NaO2. The van der Waals surface area contributed by atoms with E-state index in [1.165, 1.54) is 7.05 Å². The van der Waals surface area contributed by atoms with E-state index in [1.54, 1.807) is 6.07 Å². The molecule has 0 N–H and O–H groups in total. The Morgan fingerprint density at radius 3 is 2.71 bits per heavy atom. The van der Waals surface area contributed by atoms with Crippen LogP contribution in [0.15, 0.2) is 28.5 Å². The quantitative estimate of drug-likeness (QED) is 0.371. The summed E-state index contributed by atoms with van der Waals surface area (Å²) in [7, 11) is 1.49. The van der Waals surface area contributed by atoms with E-state index in [4.69, 9.17) is 11.6 Å². The Kier molecular flexibility index (Phi) is 7.38. The van der Waals surface area contributed by atoms with Crippen molar-refractivity contribution in [1.82, 2.24) is 5.01 Å². The van der Waals surface area contributed by atoms with Gasteiger partial charge in [0, 0.05) is 7.05 Å². The number of carboxylic acid groups (broad SMARTS) is 1. The van der Waals surface area contributed by atoms with Gasteiger partial charge in [0.1, 0.15) is 5.69 Å². The van der Waals surface area contributed by atoms with E-state index in [0.29, 0.717) is 10.7 Å². The Morgan fingerprint density at radius 2 is 2.18 bits per heavy atom. The minimum atomic E-state index is -1.21. The molecule has 0 saturated carbocycles. The molecule has 0 heterocycles. The van der Waals surface area contributed by atoms with Crippen LogP contribution in [-0.2, 0) is 4.79 Å². The molecule has 0 aromatic heterocycles. The zero-order chi connectivity index (χ0) is 12.1. The maximum absolute atomic E-state index is 10.3. The Bertz CT molecular complexity index is 406. The van der Waals surface area contributed by atoms with Crippen LogP contribution in [0.5, 0.6) is 0 Å². The molecule has 1 aromatic carbocycles. The van der Waals surface area contributed by atoms with Crippen LogP contribution in [0.2, 0.25) is 5.02 Å². The van der Waals surface area contributed by atoms with Gasteiger partial charge in [0.15, 0.2) is 0 Å². The first-order chi connectivity index (χ1) is 7.50. The number of rotatable bonds is 4. The number of carbonyl (C=O) groups is 1. The second kappa shape index (κ2) is 7.66. The van der Waals surface area contributed by atoms with Crippen molar-refractivity contribution in [2.75, 3.05) is 13.6 Å². The molecule has 0 spiro atoms. The summed E-state index contributed by atoms with van der Waals surface area (Å²) in [4.78, 5) is 10.3. The normalized spacial score (nSPS) is 10.1. The average molecular weight is 264 g/mol. The van der Waals surface area contributed by atoms with Gasteiger partial charge in [0.2, 0.25) is 0 Å². The van der Waals surface area contributed by atoms with Gasteiger partial charge in [-0.05, 0) is 18.6 Å². The van der Waals surface area contributed by atoms with Crippen molar-refractivity contribution >= 4 is 23.3 Å². The maximum Gasteiger partial charge on any atom is 1.00 e. The Morgan fingerprint density at radius 1 is 1.53 bits per heavy atom. The number of likely N-dealkylation sites (N-methyl/N-ethyl adjacent to an activating group) is 1. The molecule has 0 aliphatic carbocycles. The standard InChI is InChI=1S/C10H12ClN3O2.Na/c1-7-4-3-5-8(11)10(7)12-13-14(2)6-9(15)16;/h3-5H,6H2,1-2H3,(H,15,16);/q;+1/p-1. The topological polar surface area (TPSA) is 68.1 Å². The van der Waals surface area contributed by atoms with Crippen molar-refractivity contribution in [1.29, 1.82) is 0 Å². The van der Waals surface area contributed by atoms with E-state index < -0.39 is 5.97 Å². The van der Waals surface area contributed by atoms with E-state index in [2.05, 4.69) is 10.3 Å². The summed E-state index contributed by atoms with van der Waals surface area (Å²) in [5.41, 5.74) is 1.41. The molecule has 0 aliphatic rings. The zero-order valence-corrected chi connectivity index (χ0v) is 12.7. The first kappa shape index (κ1) is 16.4. The predicted octanol–water partition coefficient (Wildman–Crippen LogP) is -1.67. The van der Waals surface area contributed by atoms with E-state index in [9.17, 15) is 9.90 Å². The van der Waals surface area contributed by atoms with Gasteiger partial charge in [0.05, 0.1) is 17.5 Å². The van der Waals surface area contributed by atoms with Crippen LogP contribution in [0.4, 0.5) is 5.69 Å². The monoisotopic (exact) mass is 263 g/mol. The fraction of sp³-hybridized carbons (Fsp3) is 0.300. The second-order valence-corrected chi connectivity index (χ2v) is 3.69. The molecule has 0 radical (unpaired) electrons. The van der Waals surface area contributed by atoms with Gasteiger partial charge in [-0.3, -0.25) is 5.01 Å². The first-order valence-electron chi connectivity index (χ1n) is 4.58. The van der Waals surface area contributed by atoms with E-state index >= 15 is 0 Å². The largest absolute Gasteiger partial charge is 1.00 e. The smallest absolute Gasteiger partial charge is 0.548 e. The van der Waals surface area contributed by atoms with Crippen LogP contribution in [0, 0.1) is 6.92 Å². The third-order valence-electron chi connectivity index (χ3n) is 1.84. The molecule has 0 saturated heterocycles. The van der Waals surface area contributed by atoms with Gasteiger partial charge in [0.25, 0.3) is 0 Å². The molecule has 0 fully saturated rings. The number of hydrogen-bond donors (Lipinski definition) is 0. The third kappa shape index (κ3) is 5.50. The molecule has 17 heavy (non-hydrogen) atoms. The molecule has 86 valence electrons. The fourth-order valence-corrected chi connectivity index (χ4v) is 1.35. The molecule has 0 unspecified atom stereocenters. The number of carbonyl (C=O) groups excluding carboxylic acids is 1. The van der Waals surface area contributed by atoms with Crippen LogP contribution in [0.3, 0.4) is 0 Å². The molecule has 1 aromatic rings. The van der Waals surface area contributed by atoms with Crippen molar-refractivity contribution in [2.45, 2.75) is 6.92 Å². The SMILES string of the molecule is Cc1cccc(Cl)c1N=NN(C)CC(=O)[O-].[Na+]. The molecule has 1 rings (SSSR count). The predicted molar refractivity (Wildman–Crippen MR) is 58.3 cm³/mol. The molecular weight excluding hydrogens is 253 g/mol. The maximum atomic E-state index is 10.3. The van der Waals surface area contributed by atoms with E-state index in [-0.39, 0.29) is 36.1 Å². The van der Waals surface area contributed by atoms with Crippen LogP contribution < -0.4 is 34.7 Å². The summed E-state index contributed by atoms with van der Waals surface area (Å²) in [6, 6.07) is 5.35. The van der Waals surface area contributed by atoms with E-state index in [1.807, 2.05) is 19.1 Å². The van der Waals surface area contributed by atoms with E-state index in [0.717, 1.165) is 10.6 Å². The summed E-state index contributed by atoms with van der Waals surface area (Å²) in [6.45, 7) is 1.53. The number of benzene rings is 1. The molecule has 7 heteroatoms. The second-order valence-electron chi connectivity index (χ2n) is 3.28. The fourth-order valence-electron chi connectivity index (χ4n) is 1.09. The summed E-state index contributed by atoms with van der Waals surface area (Å²) >= 11 is 5.92. The molecule has 0 aliphatic heterocycles. The minimum Gasteiger partial charge on any atom is -0.548 e. The van der Waals surface area contributed by atoms with Gasteiger partial charge in [-0.15, -0.1) is 5.11 Å². The van der Waals surface area contributed by atoms with Gasteiger partial charge >= 0.3 is 29.6 Å². The Hall–Kier alpha value is -0.620. The molecule has 0 atom stereocenters. The van der Waals surface area contributed by atoms with Gasteiger partial charge in [-0.25, -0.2) is 0 Å². The van der Waals surface area contributed by atoms with Crippen LogP contribution in [0.25, 0.3) is 0 Å². The zero-order valence-electron chi connectivity index (χ0n) is 9.98. The summed E-state index contributed by atoms with van der Waals surface area (Å²) in [5, 5.41) is 19.5. The summed E-state index contributed by atoms with van der Waals surface area (Å²) in [6.07, 6.45) is 0. The van der Waals surface area contributed by atoms with Crippen molar-refractivity contribution in [3.8, 4) is 0 Å². The number of carboxylic acids is 1. The van der Waals surface area contributed by atoms with Crippen LogP contribution in [0.1, 0.15) is 5.56 Å². The van der Waals surface area contributed by atoms with Crippen LogP contribution >= 0.6 is 11.6 Å². The van der Waals surface area contributed by atoms with Crippen LogP contribution in [-0.4, -0.2) is 24.6 Å². The van der Waals surface area contributed by atoms with Crippen molar-refractivity contribution < 1.29 is 39.5 Å². The third-order valence-corrected chi connectivity index (χ3v) is 2.15. The van der Waals surface area contributed by atoms with Gasteiger partial charge < -0.3 is 9.90 Å². The van der Waals surface area contributed by atoms with Crippen molar-refractivity contribution in [3.05, 3.63) is 28.8 Å². The number of aliphatic carboxylic acids is 1.